The Labute approximate surface area is 343 Å². The van der Waals surface area contributed by atoms with E-state index in [9.17, 15) is 75.9 Å². The second-order valence-electron chi connectivity index (χ2n) is 16.3. The quantitative estimate of drug-likeness (QED) is 0.0432. The predicted octanol–water partition coefficient (Wildman–Crippen LogP) is 4.78. The highest BCUT2D eigenvalue weighted by molar-refractivity contribution is 7.99. The topological polar surface area (TPSA) is 243 Å². The van der Waals surface area contributed by atoms with Crippen molar-refractivity contribution in [3.63, 3.8) is 0 Å². The number of esters is 4. The lowest BCUT2D eigenvalue weighted by Crippen LogP contribution is -2.61. The molecule has 7 aliphatic rings. The average Bonchev–Trinajstić information content (AvgIpc) is 3.76. The van der Waals surface area contributed by atoms with Gasteiger partial charge in [0, 0.05) is 29.3 Å². The third-order valence-electron chi connectivity index (χ3n) is 13.0. The molecule has 8 rings (SSSR count). The largest absolute Gasteiger partial charge is 0.466 e. The van der Waals surface area contributed by atoms with Gasteiger partial charge in [0.05, 0.1) is 5.56 Å². The monoisotopic (exact) mass is 943 g/mol. The first-order chi connectivity index (χ1) is 27.9. The first-order valence-corrected chi connectivity index (χ1v) is 22.1. The molecule has 7 fully saturated rings. The lowest BCUT2D eigenvalue weighted by atomic mass is 9.49. The smallest absolute Gasteiger partial charge is 0.458 e. The summed E-state index contributed by atoms with van der Waals surface area (Å²) >= 11 is -1.85. The van der Waals surface area contributed by atoms with Gasteiger partial charge in [-0.3, -0.25) is 28.2 Å². The number of hydrogen-bond acceptors (Lipinski definition) is 14. The second-order valence-corrected chi connectivity index (χ2v) is 20.1. The first-order valence-electron chi connectivity index (χ1n) is 18.4. The summed E-state index contributed by atoms with van der Waals surface area (Å²) < 4.78 is 195. The molecule has 1 amide bonds. The predicted molar refractivity (Wildman–Crippen MR) is 184 cm³/mol. The Morgan fingerprint density at radius 2 is 1.44 bits per heavy atom. The number of benzene rings is 1. The van der Waals surface area contributed by atoms with Crippen molar-refractivity contribution in [2.45, 2.75) is 97.8 Å². The fourth-order valence-corrected chi connectivity index (χ4v) is 11.8. The van der Waals surface area contributed by atoms with E-state index >= 15 is 0 Å². The highest BCUT2D eigenvalue weighted by Gasteiger charge is 2.79. The number of carbonyl (C=O) groups excluding carboxylic acids is 5. The van der Waals surface area contributed by atoms with Crippen molar-refractivity contribution in [3.05, 3.63) is 29.3 Å². The molecule has 27 heteroatoms. The van der Waals surface area contributed by atoms with Crippen LogP contribution in [0.25, 0.3) is 0 Å². The van der Waals surface area contributed by atoms with Crippen LogP contribution in [0.3, 0.4) is 0 Å². The van der Waals surface area contributed by atoms with Crippen LogP contribution in [0.4, 0.5) is 35.1 Å². The van der Waals surface area contributed by atoms with Crippen molar-refractivity contribution < 1.29 is 104 Å². The molecular formula is C34H33F8NO15S3. The molecule has 6 bridgehead atoms. The molecule has 0 radical (unpaired) electrons. The van der Waals surface area contributed by atoms with Crippen LogP contribution in [-0.2, 0) is 48.8 Å². The van der Waals surface area contributed by atoms with Gasteiger partial charge in [-0.25, -0.2) is 9.59 Å². The molecule has 3 N–H and O–H groups in total. The lowest BCUT2D eigenvalue weighted by molar-refractivity contribution is -0.242. The molecule has 1 heterocycles. The van der Waals surface area contributed by atoms with E-state index in [1.54, 1.807) is 0 Å². The number of amides is 1. The van der Waals surface area contributed by atoms with Gasteiger partial charge in [-0.15, -0.1) is 0 Å². The summed E-state index contributed by atoms with van der Waals surface area (Å²) in [6.45, 7) is 1.92. The molecule has 6 saturated carbocycles. The maximum Gasteiger partial charge on any atom is 0.466 e. The van der Waals surface area contributed by atoms with Gasteiger partial charge in [0.25, 0.3) is 5.91 Å². The zero-order chi connectivity index (χ0) is 45.3. The molecule has 338 valence electrons. The van der Waals surface area contributed by atoms with Crippen LogP contribution in [0.5, 0.6) is 5.75 Å². The SMILES string of the molecule is CCC1(OC(=O)C23CC4CC2C(OC3=O)C4OC(=O)c2cc(OC(=O)C(F)(F)S(=O)(=O)O)cc(C(=O)NSC(F)(F)C(F)(F)C(F)(F)S(=O)(=O)O)c2)C2CC3CC(C2)CC1C3. The van der Waals surface area contributed by atoms with Crippen molar-refractivity contribution in [1.82, 2.24) is 4.72 Å². The third kappa shape index (κ3) is 6.85. The Bertz CT molecular complexity index is 2280. The number of carbonyl (C=O) groups is 5. The van der Waals surface area contributed by atoms with E-state index in [0.29, 0.717) is 30.4 Å². The van der Waals surface area contributed by atoms with Crippen LogP contribution in [-0.4, -0.2) is 95.2 Å². The highest BCUT2D eigenvalue weighted by Crippen LogP contribution is 2.66. The Morgan fingerprint density at radius 3 is 1.98 bits per heavy atom. The summed E-state index contributed by atoms with van der Waals surface area (Å²) in [5.41, 5.74) is -4.79. The molecule has 6 aliphatic carbocycles. The van der Waals surface area contributed by atoms with Crippen molar-refractivity contribution in [1.29, 1.82) is 0 Å². The molecule has 61 heavy (non-hydrogen) atoms. The summed E-state index contributed by atoms with van der Waals surface area (Å²) in [5, 5.41) is -18.8. The van der Waals surface area contributed by atoms with E-state index < -0.39 is 136 Å². The van der Waals surface area contributed by atoms with Gasteiger partial charge in [0.15, 0.2) is 5.41 Å². The lowest BCUT2D eigenvalue weighted by Gasteiger charge is -2.60. The molecule has 0 aromatic heterocycles. The molecule has 16 nitrogen and oxygen atoms in total. The van der Waals surface area contributed by atoms with Crippen LogP contribution in [0.2, 0.25) is 0 Å². The van der Waals surface area contributed by atoms with E-state index in [0.717, 1.165) is 36.8 Å². The van der Waals surface area contributed by atoms with Crippen LogP contribution < -0.4 is 9.46 Å². The maximum atomic E-state index is 14.3. The minimum Gasteiger partial charge on any atom is -0.458 e. The average molecular weight is 944 g/mol. The standard InChI is InChI=1S/C34H33F8NO15S3/c1-2-30(18-4-13-3-14(6-18)7-19(30)5-13)58-27(47)29-12-17-11-21(29)23(57-26(29)46)22(17)56-25(45)16-8-15(9-20(10-16)55-28(48)31(35,36)60(49,50)51)24(44)43-59-33(39,40)32(37,38)34(41,42)61(52,53)54/h8-10,13-14,17-19,21-23H,2-7,11-12H2,1H3,(H,43,44)(H,49,50,51)(H,52,53,54). The number of hydrogen-bond donors (Lipinski definition) is 3. The van der Waals surface area contributed by atoms with Crippen molar-refractivity contribution in [3.8, 4) is 5.75 Å². The molecule has 5 atom stereocenters. The Hall–Kier alpha value is -3.82. The third-order valence-corrected chi connectivity index (χ3v) is 15.6. The second kappa shape index (κ2) is 14.4. The summed E-state index contributed by atoms with van der Waals surface area (Å²) in [7, 11) is -13.7. The van der Waals surface area contributed by atoms with E-state index in [1.165, 1.54) is 0 Å². The minimum atomic E-state index is -7.19. The van der Waals surface area contributed by atoms with Gasteiger partial charge in [-0.05, 0) is 93.2 Å². The maximum absolute atomic E-state index is 14.3. The van der Waals surface area contributed by atoms with Gasteiger partial charge in [-0.1, -0.05) is 6.92 Å². The van der Waals surface area contributed by atoms with Crippen LogP contribution in [0.1, 0.15) is 79.0 Å². The van der Waals surface area contributed by atoms with Gasteiger partial charge < -0.3 is 18.9 Å². The van der Waals surface area contributed by atoms with E-state index in [2.05, 4.69) is 4.74 Å². The zero-order valence-corrected chi connectivity index (χ0v) is 33.4. The van der Waals surface area contributed by atoms with Crippen LogP contribution >= 0.6 is 11.9 Å². The number of alkyl halides is 8. The number of halogens is 8. The van der Waals surface area contributed by atoms with Crippen molar-refractivity contribution in [2.24, 2.45) is 40.9 Å². The summed E-state index contributed by atoms with van der Waals surface area (Å²) in [6.07, 6.45) is 2.53. The first kappa shape index (κ1) is 45.2. The highest BCUT2D eigenvalue weighted by atomic mass is 32.2. The molecule has 1 aliphatic heterocycles. The fourth-order valence-electron chi connectivity index (χ4n) is 10.4. The summed E-state index contributed by atoms with van der Waals surface area (Å²) in [6, 6.07) is 0.880. The van der Waals surface area contributed by atoms with Gasteiger partial charge in [0.2, 0.25) is 0 Å². The van der Waals surface area contributed by atoms with Gasteiger partial charge in [-0.2, -0.15) is 52.0 Å². The molecule has 0 spiro atoms. The Kier molecular flexibility index (Phi) is 10.6. The minimum absolute atomic E-state index is 0.0995. The molecule has 1 aromatic rings. The van der Waals surface area contributed by atoms with Crippen LogP contribution in [0.15, 0.2) is 18.2 Å². The van der Waals surface area contributed by atoms with Gasteiger partial charge in [0.1, 0.15) is 23.6 Å². The van der Waals surface area contributed by atoms with E-state index in [4.69, 9.17) is 23.3 Å². The molecular weight excluding hydrogens is 911 g/mol. The number of rotatable bonds is 14. The van der Waals surface area contributed by atoms with E-state index in [-0.39, 0.29) is 30.7 Å². The number of fused-ring (bicyclic) bond motifs is 1. The fraction of sp³-hybridized carbons (Fsp3) is 0.676. The summed E-state index contributed by atoms with van der Waals surface area (Å²) in [4.78, 5) is 66.2. The van der Waals surface area contributed by atoms with E-state index in [1.807, 2.05) is 6.92 Å². The Balaban J connectivity index is 1.11. The number of ether oxygens (including phenoxy) is 4. The molecule has 1 aromatic carbocycles. The molecule has 5 unspecified atom stereocenters. The zero-order valence-electron chi connectivity index (χ0n) is 31.0. The Morgan fingerprint density at radius 1 is 0.869 bits per heavy atom. The van der Waals surface area contributed by atoms with Crippen molar-refractivity contribution in [2.75, 3.05) is 0 Å². The molecule has 1 saturated heterocycles. The summed E-state index contributed by atoms with van der Waals surface area (Å²) in [5.74, 6) is -17.0. The van der Waals surface area contributed by atoms with Gasteiger partial charge >= 0.3 is 65.8 Å². The normalized spacial score (nSPS) is 33.0. The number of nitrogens with one attached hydrogen (secondary N) is 1. The van der Waals surface area contributed by atoms with Crippen LogP contribution in [0, 0.1) is 40.9 Å². The van der Waals surface area contributed by atoms with Crippen molar-refractivity contribution >= 4 is 62.0 Å².